The van der Waals surface area contributed by atoms with E-state index in [2.05, 4.69) is 25.0 Å². The number of carbonyl (C=O) groups excluding carboxylic acids is 2. The number of nitrogens with one attached hydrogen (secondary N) is 1. The lowest BCUT2D eigenvalue weighted by Crippen LogP contribution is -2.18. The van der Waals surface area contributed by atoms with Gasteiger partial charge in [-0.1, -0.05) is 5.16 Å². The van der Waals surface area contributed by atoms with Gasteiger partial charge in [0.1, 0.15) is 11.6 Å². The smallest absolute Gasteiger partial charge is 0.360 e. The van der Waals surface area contributed by atoms with Crippen molar-refractivity contribution in [2.75, 3.05) is 24.9 Å². The molecule has 0 radical (unpaired) electrons. The van der Waals surface area contributed by atoms with Crippen molar-refractivity contribution < 1.29 is 29.1 Å². The number of hydrogen-bond donors (Lipinski definition) is 2. The number of halogens is 1. The van der Waals surface area contributed by atoms with Crippen LogP contribution in [0, 0.1) is 0 Å². The van der Waals surface area contributed by atoms with E-state index in [9.17, 15) is 14.4 Å². The standard InChI is InChI=1S/C10H10ClN3O6S/c1-19-7(16)3-20-14-8(9(17)18)5-4-21-10(12-5)13-6(15)2-11/h4H,2-3H2,1H3,(H,17,18)(H,12,13,15)/b14-8-. The highest BCUT2D eigenvalue weighted by Gasteiger charge is 2.18. The number of aliphatic carboxylic acids is 1. The normalized spacial score (nSPS) is 10.9. The first-order chi connectivity index (χ1) is 9.97. The van der Waals surface area contributed by atoms with E-state index in [-0.39, 0.29) is 16.7 Å². The Morgan fingerprint density at radius 1 is 1.52 bits per heavy atom. The fourth-order valence-corrected chi connectivity index (χ4v) is 1.77. The number of ether oxygens (including phenoxy) is 1. The molecule has 2 N–H and O–H groups in total. The number of anilines is 1. The minimum Gasteiger partial charge on any atom is -0.476 e. The Hall–Kier alpha value is -2.20. The summed E-state index contributed by atoms with van der Waals surface area (Å²) >= 11 is 6.31. The molecule has 21 heavy (non-hydrogen) atoms. The fourth-order valence-electron chi connectivity index (χ4n) is 0.996. The number of carbonyl (C=O) groups is 3. The minimum atomic E-state index is -1.40. The highest BCUT2D eigenvalue weighted by atomic mass is 35.5. The average Bonchev–Trinajstić information content (AvgIpc) is 2.90. The molecule has 0 saturated carbocycles. The Morgan fingerprint density at radius 2 is 2.24 bits per heavy atom. The molecule has 1 heterocycles. The van der Waals surface area contributed by atoms with Crippen molar-refractivity contribution >= 4 is 51.6 Å². The van der Waals surface area contributed by atoms with Crippen LogP contribution < -0.4 is 5.32 Å². The monoisotopic (exact) mass is 335 g/mol. The van der Waals surface area contributed by atoms with E-state index >= 15 is 0 Å². The molecule has 0 spiro atoms. The molecule has 1 aromatic heterocycles. The van der Waals surface area contributed by atoms with Gasteiger partial charge in [-0.2, -0.15) is 0 Å². The van der Waals surface area contributed by atoms with E-state index in [0.29, 0.717) is 0 Å². The Balaban J connectivity index is 2.81. The van der Waals surface area contributed by atoms with E-state index in [1.165, 1.54) is 5.38 Å². The van der Waals surface area contributed by atoms with Crippen molar-refractivity contribution in [1.29, 1.82) is 0 Å². The molecule has 1 aromatic rings. The predicted molar refractivity (Wildman–Crippen MR) is 73.6 cm³/mol. The lowest BCUT2D eigenvalue weighted by atomic mass is 10.3. The summed E-state index contributed by atoms with van der Waals surface area (Å²) in [5, 5.41) is 16.2. The number of amides is 1. The van der Waals surface area contributed by atoms with Gasteiger partial charge in [0.05, 0.1) is 7.11 Å². The van der Waals surface area contributed by atoms with Crippen LogP contribution in [0.3, 0.4) is 0 Å². The topological polar surface area (TPSA) is 127 Å². The van der Waals surface area contributed by atoms with Crippen LogP contribution in [0.2, 0.25) is 0 Å². The van der Waals surface area contributed by atoms with Gasteiger partial charge >= 0.3 is 11.9 Å². The predicted octanol–water partition coefficient (Wildman–Crippen LogP) is 0.299. The number of thiazole rings is 1. The summed E-state index contributed by atoms with van der Waals surface area (Å²) in [6.45, 7) is -0.534. The number of alkyl halides is 1. The largest absolute Gasteiger partial charge is 0.476 e. The summed E-state index contributed by atoms with van der Waals surface area (Å²) in [5.41, 5.74) is -0.538. The zero-order valence-electron chi connectivity index (χ0n) is 10.7. The molecule has 0 aromatic carbocycles. The third-order valence-electron chi connectivity index (χ3n) is 1.88. The summed E-state index contributed by atoms with van der Waals surface area (Å²) in [4.78, 5) is 41.4. The summed E-state index contributed by atoms with van der Waals surface area (Å²) in [7, 11) is 1.15. The number of esters is 1. The molecule has 1 amide bonds. The Bertz CT molecular complexity index is 573. The van der Waals surface area contributed by atoms with Crippen LogP contribution in [0.5, 0.6) is 0 Å². The van der Waals surface area contributed by atoms with E-state index in [0.717, 1.165) is 18.4 Å². The molecule has 1 rings (SSSR count). The highest BCUT2D eigenvalue weighted by molar-refractivity contribution is 7.14. The van der Waals surface area contributed by atoms with Crippen LogP contribution in [0.25, 0.3) is 0 Å². The van der Waals surface area contributed by atoms with Crippen molar-refractivity contribution in [1.82, 2.24) is 4.98 Å². The third kappa shape index (κ3) is 5.36. The van der Waals surface area contributed by atoms with Crippen LogP contribution in [-0.2, 0) is 24.0 Å². The van der Waals surface area contributed by atoms with Crippen molar-refractivity contribution in [3.05, 3.63) is 11.1 Å². The second-order valence-corrected chi connectivity index (χ2v) is 4.44. The van der Waals surface area contributed by atoms with Gasteiger partial charge < -0.3 is 20.0 Å². The number of nitrogens with zero attached hydrogens (tertiary/aromatic N) is 2. The maximum Gasteiger partial charge on any atom is 0.360 e. The molecule has 0 saturated heterocycles. The minimum absolute atomic E-state index is 0.0257. The summed E-state index contributed by atoms with van der Waals surface area (Å²) in [6, 6.07) is 0. The van der Waals surface area contributed by atoms with E-state index in [1.54, 1.807) is 0 Å². The van der Waals surface area contributed by atoms with Crippen LogP contribution in [-0.4, -0.2) is 53.2 Å². The van der Waals surface area contributed by atoms with Crippen molar-refractivity contribution in [2.45, 2.75) is 0 Å². The fraction of sp³-hybridized carbons (Fsp3) is 0.300. The molecule has 114 valence electrons. The van der Waals surface area contributed by atoms with Crippen LogP contribution in [0.1, 0.15) is 5.69 Å². The van der Waals surface area contributed by atoms with Gasteiger partial charge in [-0.05, 0) is 0 Å². The van der Waals surface area contributed by atoms with Crippen LogP contribution in [0.15, 0.2) is 10.5 Å². The lowest BCUT2D eigenvalue weighted by molar-refractivity contribution is -0.146. The molecule has 9 nitrogen and oxygen atoms in total. The first-order valence-corrected chi connectivity index (χ1v) is 6.71. The molecule has 0 atom stereocenters. The molecule has 0 aliphatic heterocycles. The highest BCUT2D eigenvalue weighted by Crippen LogP contribution is 2.16. The zero-order valence-corrected chi connectivity index (χ0v) is 12.2. The lowest BCUT2D eigenvalue weighted by Gasteiger charge is -2.00. The van der Waals surface area contributed by atoms with Gasteiger partial charge in [-0.25, -0.2) is 14.6 Å². The maximum atomic E-state index is 11.1. The number of carboxylic acid groups (broad SMARTS) is 1. The summed E-state index contributed by atoms with van der Waals surface area (Å²) in [5.74, 6) is -2.85. The second kappa shape index (κ2) is 8.17. The first kappa shape index (κ1) is 16.9. The van der Waals surface area contributed by atoms with Gasteiger partial charge in [0.2, 0.25) is 18.2 Å². The average molecular weight is 336 g/mol. The maximum absolute atomic E-state index is 11.1. The SMILES string of the molecule is COC(=O)CO/N=C(\C(=O)O)c1csc(NC(=O)CCl)n1. The second-order valence-electron chi connectivity index (χ2n) is 3.31. The number of hydrogen-bond acceptors (Lipinski definition) is 8. The molecular weight excluding hydrogens is 326 g/mol. The third-order valence-corrected chi connectivity index (χ3v) is 2.88. The van der Waals surface area contributed by atoms with Gasteiger partial charge in [-0.3, -0.25) is 4.79 Å². The van der Waals surface area contributed by atoms with Crippen molar-refractivity contribution in [2.24, 2.45) is 5.16 Å². The Morgan fingerprint density at radius 3 is 2.81 bits per heavy atom. The molecule has 11 heteroatoms. The van der Waals surface area contributed by atoms with Crippen LogP contribution >= 0.6 is 22.9 Å². The molecule has 0 bridgehead atoms. The Labute approximate surface area is 127 Å². The number of carboxylic acids is 1. The first-order valence-electron chi connectivity index (χ1n) is 5.29. The van der Waals surface area contributed by atoms with Crippen LogP contribution in [0.4, 0.5) is 5.13 Å². The van der Waals surface area contributed by atoms with E-state index in [1.807, 2.05) is 0 Å². The van der Waals surface area contributed by atoms with Gasteiger partial charge in [-0.15, -0.1) is 22.9 Å². The Kier molecular flexibility index (Phi) is 6.56. The van der Waals surface area contributed by atoms with E-state index < -0.39 is 30.2 Å². The quantitative estimate of drug-likeness (QED) is 0.317. The molecule has 0 aliphatic rings. The van der Waals surface area contributed by atoms with Gasteiger partial charge in [0, 0.05) is 5.38 Å². The zero-order chi connectivity index (χ0) is 15.8. The number of aromatic nitrogens is 1. The molecule has 0 fully saturated rings. The van der Waals surface area contributed by atoms with Crippen molar-refractivity contribution in [3.63, 3.8) is 0 Å². The summed E-state index contributed by atoms with van der Waals surface area (Å²) < 4.78 is 4.30. The molecule has 0 unspecified atom stereocenters. The number of oxime groups is 1. The number of rotatable bonds is 7. The number of methoxy groups -OCH3 is 1. The van der Waals surface area contributed by atoms with Gasteiger partial charge in [0.15, 0.2) is 5.13 Å². The summed E-state index contributed by atoms with van der Waals surface area (Å²) in [6.07, 6.45) is 0. The molecule has 0 aliphatic carbocycles. The molecular formula is C10H10ClN3O6S. The van der Waals surface area contributed by atoms with Crippen molar-refractivity contribution in [3.8, 4) is 0 Å². The van der Waals surface area contributed by atoms with Gasteiger partial charge in [0.25, 0.3) is 0 Å². The van der Waals surface area contributed by atoms with E-state index in [4.69, 9.17) is 16.7 Å².